The molecule has 32 valence electrons. The fraction of sp³-hybridized carbons (Fsp3) is 0. The van der Waals surface area contributed by atoms with Crippen molar-refractivity contribution in [2.24, 2.45) is 0 Å². The largest absolute Gasteiger partial charge is 2.00 e. The summed E-state index contributed by atoms with van der Waals surface area (Å²) in [6.07, 6.45) is 0. The van der Waals surface area contributed by atoms with Crippen LogP contribution in [0.1, 0.15) is 1.43 Å². The van der Waals surface area contributed by atoms with Gasteiger partial charge in [-0.1, -0.05) is 0 Å². The van der Waals surface area contributed by atoms with Gasteiger partial charge < -0.3 is 0 Å². The molecule has 0 aliphatic rings. The molecule has 6 heteroatoms. The van der Waals surface area contributed by atoms with E-state index in [9.17, 15) is 0 Å². The first kappa shape index (κ1) is 9.81. The molecular formula is H3MgO4S+3. The fourth-order valence-corrected chi connectivity index (χ4v) is 0. The van der Waals surface area contributed by atoms with E-state index in [1.54, 1.807) is 0 Å². The molecule has 0 aromatic carbocycles. The molecule has 0 unspecified atom stereocenters. The van der Waals surface area contributed by atoms with E-state index in [-0.39, 0.29) is 24.5 Å². The first-order valence-corrected chi connectivity index (χ1v) is 2.10. The second kappa shape index (κ2) is 2.75. The average molecular weight is 123 g/mol. The van der Waals surface area contributed by atoms with Gasteiger partial charge in [0.2, 0.25) is 0 Å². The van der Waals surface area contributed by atoms with Gasteiger partial charge in [0.05, 0.1) is 0 Å². The van der Waals surface area contributed by atoms with Crippen LogP contribution in [-0.2, 0) is 10.4 Å². The Morgan fingerprint density at radius 3 is 1.33 bits per heavy atom. The van der Waals surface area contributed by atoms with Crippen molar-refractivity contribution in [1.82, 2.24) is 0 Å². The van der Waals surface area contributed by atoms with Gasteiger partial charge in [-0.2, -0.15) is 8.42 Å². The minimum absolute atomic E-state index is 0. The Morgan fingerprint density at radius 1 is 1.33 bits per heavy atom. The number of hydrogen-bond acceptors (Lipinski definition) is 2. The molecule has 0 saturated heterocycles. The molecule has 0 aromatic heterocycles. The zero-order chi connectivity index (χ0) is 4.50. The third-order valence-corrected chi connectivity index (χ3v) is 0. The zero-order valence-corrected chi connectivity index (χ0v) is 5.06. The van der Waals surface area contributed by atoms with Crippen molar-refractivity contribution >= 4 is 33.5 Å². The van der Waals surface area contributed by atoms with Crippen LogP contribution in [0.4, 0.5) is 0 Å². The molecule has 0 aliphatic carbocycles. The summed E-state index contributed by atoms with van der Waals surface area (Å²) in [5.41, 5.74) is 0. The molecular weight excluding hydrogens is 120 g/mol. The molecule has 0 radical (unpaired) electrons. The maximum absolute atomic E-state index is 8.74. The Kier molecular flexibility index (Phi) is 4.50. The Labute approximate surface area is 52.8 Å². The summed E-state index contributed by atoms with van der Waals surface area (Å²) in [6, 6.07) is 0. The van der Waals surface area contributed by atoms with Crippen LogP contribution in [0.5, 0.6) is 0 Å². The average Bonchev–Trinajstić information content (AvgIpc) is 0.722. The topological polar surface area (TPSA) is 74.6 Å². The molecule has 6 heavy (non-hydrogen) atoms. The SMILES string of the molecule is O=S(=O)(O)O.[H+].[Mg+2]. The number of rotatable bonds is 0. The van der Waals surface area contributed by atoms with Gasteiger partial charge in [-0.25, -0.2) is 0 Å². The molecule has 0 spiro atoms. The minimum atomic E-state index is -4.67. The summed E-state index contributed by atoms with van der Waals surface area (Å²) in [7, 11) is -4.67. The van der Waals surface area contributed by atoms with Crippen molar-refractivity contribution in [2.45, 2.75) is 0 Å². The van der Waals surface area contributed by atoms with Gasteiger partial charge in [0.15, 0.2) is 0 Å². The third-order valence-electron chi connectivity index (χ3n) is 0. The normalized spacial score (nSPS) is 9.67. The Bertz CT molecular complexity index is 94.9. The molecule has 0 rings (SSSR count). The maximum atomic E-state index is 8.74. The second-order valence-electron chi connectivity index (χ2n) is 0.448. The predicted molar refractivity (Wildman–Crippen MR) is 21.0 cm³/mol. The second-order valence-corrected chi connectivity index (χ2v) is 1.34. The quantitative estimate of drug-likeness (QED) is 0.323. The molecule has 0 bridgehead atoms. The molecule has 0 aliphatic heterocycles. The van der Waals surface area contributed by atoms with Crippen molar-refractivity contribution in [2.75, 3.05) is 0 Å². The van der Waals surface area contributed by atoms with E-state index >= 15 is 0 Å². The van der Waals surface area contributed by atoms with Crippen molar-refractivity contribution in [3.05, 3.63) is 0 Å². The summed E-state index contributed by atoms with van der Waals surface area (Å²) < 4.78 is 31.6. The van der Waals surface area contributed by atoms with Crippen LogP contribution in [0.2, 0.25) is 0 Å². The minimum Gasteiger partial charge on any atom is -0.264 e. The molecule has 0 saturated carbocycles. The van der Waals surface area contributed by atoms with Gasteiger partial charge in [-0.3, -0.25) is 9.11 Å². The van der Waals surface area contributed by atoms with E-state index in [1.165, 1.54) is 0 Å². The van der Waals surface area contributed by atoms with Gasteiger partial charge in [-0.05, 0) is 0 Å². The van der Waals surface area contributed by atoms with Crippen molar-refractivity contribution in [1.29, 1.82) is 0 Å². The molecule has 0 fully saturated rings. The van der Waals surface area contributed by atoms with Gasteiger partial charge in [0, 0.05) is 0 Å². The van der Waals surface area contributed by atoms with Gasteiger partial charge in [0.25, 0.3) is 0 Å². The van der Waals surface area contributed by atoms with Crippen LogP contribution in [0.15, 0.2) is 0 Å². The summed E-state index contributed by atoms with van der Waals surface area (Å²) in [6.45, 7) is 0. The van der Waals surface area contributed by atoms with Gasteiger partial charge >= 0.3 is 34.9 Å². The van der Waals surface area contributed by atoms with Gasteiger partial charge in [0.1, 0.15) is 0 Å². The van der Waals surface area contributed by atoms with Crippen molar-refractivity contribution < 1.29 is 18.9 Å². The molecule has 4 nitrogen and oxygen atoms in total. The first-order valence-electron chi connectivity index (χ1n) is 0.698. The van der Waals surface area contributed by atoms with Crippen molar-refractivity contribution in [3.63, 3.8) is 0 Å². The van der Waals surface area contributed by atoms with Gasteiger partial charge in [-0.15, -0.1) is 0 Å². The first-order chi connectivity index (χ1) is 2.00. The molecule has 0 atom stereocenters. The Morgan fingerprint density at radius 2 is 1.33 bits per heavy atom. The molecule has 0 heterocycles. The third kappa shape index (κ3) is 151. The van der Waals surface area contributed by atoms with E-state index in [0.29, 0.717) is 0 Å². The van der Waals surface area contributed by atoms with Crippen LogP contribution in [0.25, 0.3) is 0 Å². The summed E-state index contributed by atoms with van der Waals surface area (Å²) in [5.74, 6) is 0. The standard InChI is InChI=1S/Mg.H2O4S/c;1-5(2,3)4/h;(H2,1,2,3,4)/q+2;/p+1. The Balaban J connectivity index is -0.0000000800. The zero-order valence-electron chi connectivity index (χ0n) is 3.83. The fourth-order valence-electron chi connectivity index (χ4n) is 0. The van der Waals surface area contributed by atoms with E-state index in [0.717, 1.165) is 0 Å². The number of hydrogen-bond donors (Lipinski definition) is 2. The van der Waals surface area contributed by atoms with Crippen LogP contribution in [0, 0.1) is 0 Å². The van der Waals surface area contributed by atoms with E-state index < -0.39 is 10.4 Å². The monoisotopic (exact) mass is 123 g/mol. The van der Waals surface area contributed by atoms with E-state index in [1.807, 2.05) is 0 Å². The van der Waals surface area contributed by atoms with Crippen molar-refractivity contribution in [3.8, 4) is 0 Å². The Hall–Kier alpha value is 0.636. The van der Waals surface area contributed by atoms with E-state index in [4.69, 9.17) is 17.5 Å². The predicted octanol–water partition coefficient (Wildman–Crippen LogP) is -0.921. The molecule has 0 aromatic rings. The molecule has 2 N–H and O–H groups in total. The van der Waals surface area contributed by atoms with Crippen LogP contribution in [-0.4, -0.2) is 40.6 Å². The molecule has 0 amide bonds. The van der Waals surface area contributed by atoms with Crippen LogP contribution >= 0.6 is 0 Å². The van der Waals surface area contributed by atoms with Crippen LogP contribution in [0.3, 0.4) is 0 Å². The van der Waals surface area contributed by atoms with E-state index in [2.05, 4.69) is 0 Å². The maximum Gasteiger partial charge on any atom is 2.00 e. The summed E-state index contributed by atoms with van der Waals surface area (Å²) >= 11 is 0. The van der Waals surface area contributed by atoms with Crippen LogP contribution < -0.4 is 0 Å². The smallest absolute Gasteiger partial charge is 0.264 e. The summed E-state index contributed by atoms with van der Waals surface area (Å²) in [5, 5.41) is 0. The summed E-state index contributed by atoms with van der Waals surface area (Å²) in [4.78, 5) is 0.